The van der Waals surface area contributed by atoms with E-state index in [0.29, 0.717) is 6.54 Å². The van der Waals surface area contributed by atoms with E-state index >= 15 is 0 Å². The van der Waals surface area contributed by atoms with Gasteiger partial charge in [0, 0.05) is 12.4 Å². The van der Waals surface area contributed by atoms with Gasteiger partial charge in [0.15, 0.2) is 0 Å². The van der Waals surface area contributed by atoms with E-state index in [9.17, 15) is 0 Å². The molecular weight excluding hydrogens is 234 g/mol. The van der Waals surface area contributed by atoms with Crippen molar-refractivity contribution in [3.05, 3.63) is 71.8 Å². The van der Waals surface area contributed by atoms with Crippen molar-refractivity contribution < 1.29 is 0 Å². The monoisotopic (exact) mass is 251 g/mol. The molecule has 2 aromatic heterocycles. The molecule has 0 aliphatic carbocycles. The Balaban J connectivity index is 2.26. The highest BCUT2D eigenvalue weighted by atomic mass is 14.8. The second kappa shape index (κ2) is 6.59. The van der Waals surface area contributed by atoms with E-state index in [1.807, 2.05) is 42.5 Å². The van der Waals surface area contributed by atoms with Crippen LogP contribution in [0.15, 0.2) is 65.4 Å². The van der Waals surface area contributed by atoms with Gasteiger partial charge in [-0.2, -0.15) is 0 Å². The average molecular weight is 251 g/mol. The van der Waals surface area contributed by atoms with Crippen LogP contribution in [0.2, 0.25) is 0 Å². The Morgan fingerprint density at radius 2 is 1.79 bits per heavy atom. The highest BCUT2D eigenvalue weighted by Crippen LogP contribution is 2.04. The summed E-state index contributed by atoms with van der Waals surface area (Å²) in [5.41, 5.74) is 3.94. The van der Waals surface area contributed by atoms with Gasteiger partial charge in [0.05, 0.1) is 23.6 Å². The fraction of sp³-hybridized carbons (Fsp3) is 0.188. The van der Waals surface area contributed by atoms with Crippen LogP contribution >= 0.6 is 0 Å². The van der Waals surface area contributed by atoms with E-state index in [2.05, 4.69) is 28.8 Å². The molecule has 0 unspecified atom stereocenters. The summed E-state index contributed by atoms with van der Waals surface area (Å²) in [4.78, 5) is 13.2. The second-order valence-corrected chi connectivity index (χ2v) is 4.46. The molecule has 2 aromatic rings. The Kier molecular flexibility index (Phi) is 4.56. The van der Waals surface area contributed by atoms with Gasteiger partial charge in [-0.3, -0.25) is 15.0 Å². The molecular formula is C16H17N3. The number of hydrogen-bond donors (Lipinski definition) is 0. The van der Waals surface area contributed by atoms with E-state index in [-0.39, 0.29) is 0 Å². The molecule has 0 bridgehead atoms. The molecule has 0 aliphatic heterocycles. The van der Waals surface area contributed by atoms with E-state index in [1.165, 1.54) is 5.57 Å². The molecule has 0 aliphatic rings. The molecule has 0 saturated carbocycles. The molecule has 2 heterocycles. The van der Waals surface area contributed by atoms with E-state index in [4.69, 9.17) is 0 Å². The molecule has 0 N–H and O–H groups in total. The lowest BCUT2D eigenvalue weighted by Crippen LogP contribution is -2.02. The molecule has 0 saturated heterocycles. The SMILES string of the molecule is CC(C)=CC(=NCc1ccccn1)c1ccccn1. The average Bonchev–Trinajstić information content (AvgIpc) is 2.45. The van der Waals surface area contributed by atoms with Gasteiger partial charge in [-0.1, -0.05) is 17.7 Å². The Bertz CT molecular complexity index is 567. The maximum Gasteiger partial charge on any atom is 0.0881 e. The molecule has 0 amide bonds. The van der Waals surface area contributed by atoms with Crippen LogP contribution in [0.5, 0.6) is 0 Å². The lowest BCUT2D eigenvalue weighted by Gasteiger charge is -2.02. The third-order valence-electron chi connectivity index (χ3n) is 2.49. The zero-order valence-electron chi connectivity index (χ0n) is 11.2. The Labute approximate surface area is 113 Å². The van der Waals surface area contributed by atoms with Gasteiger partial charge in [0.1, 0.15) is 0 Å². The van der Waals surface area contributed by atoms with Crippen molar-refractivity contribution >= 4 is 5.71 Å². The molecule has 0 aromatic carbocycles. The van der Waals surface area contributed by atoms with E-state index < -0.39 is 0 Å². The molecule has 3 nitrogen and oxygen atoms in total. The largest absolute Gasteiger partial charge is 0.277 e. The molecule has 3 heteroatoms. The van der Waals surface area contributed by atoms with Gasteiger partial charge in [-0.25, -0.2) is 0 Å². The van der Waals surface area contributed by atoms with Crippen molar-refractivity contribution in [2.45, 2.75) is 20.4 Å². The van der Waals surface area contributed by atoms with Gasteiger partial charge < -0.3 is 0 Å². The van der Waals surface area contributed by atoms with Crippen LogP contribution in [0.25, 0.3) is 0 Å². The first-order valence-corrected chi connectivity index (χ1v) is 6.26. The van der Waals surface area contributed by atoms with Crippen molar-refractivity contribution in [2.75, 3.05) is 0 Å². The molecule has 0 fully saturated rings. The normalized spacial score (nSPS) is 11.2. The standard InChI is InChI=1S/C16H17N3/c1-13(2)11-16(15-8-4-6-10-18-15)19-12-14-7-3-5-9-17-14/h3-11H,12H2,1-2H3. The van der Waals surface area contributed by atoms with Crippen molar-refractivity contribution in [3.63, 3.8) is 0 Å². The first-order chi connectivity index (χ1) is 9.25. The van der Waals surface area contributed by atoms with Crippen molar-refractivity contribution in [1.29, 1.82) is 0 Å². The number of nitrogens with zero attached hydrogens (tertiary/aromatic N) is 3. The quantitative estimate of drug-likeness (QED) is 0.781. The highest BCUT2D eigenvalue weighted by Gasteiger charge is 2.01. The van der Waals surface area contributed by atoms with Crippen LogP contribution in [-0.4, -0.2) is 15.7 Å². The number of pyridine rings is 2. The van der Waals surface area contributed by atoms with Crippen LogP contribution in [0.3, 0.4) is 0 Å². The minimum atomic E-state index is 0.566. The van der Waals surface area contributed by atoms with E-state index in [0.717, 1.165) is 17.1 Å². The minimum Gasteiger partial charge on any atom is -0.277 e. The van der Waals surface area contributed by atoms with Crippen LogP contribution in [0.4, 0.5) is 0 Å². The topological polar surface area (TPSA) is 38.1 Å². The number of hydrogen-bond acceptors (Lipinski definition) is 3. The fourth-order valence-electron chi connectivity index (χ4n) is 1.65. The third-order valence-corrected chi connectivity index (χ3v) is 2.49. The lowest BCUT2D eigenvalue weighted by atomic mass is 10.2. The summed E-state index contributed by atoms with van der Waals surface area (Å²) in [6.07, 6.45) is 5.61. The predicted octanol–water partition coefficient (Wildman–Crippen LogP) is 3.43. The van der Waals surface area contributed by atoms with Gasteiger partial charge in [-0.15, -0.1) is 0 Å². The number of allylic oxidation sites excluding steroid dienone is 2. The lowest BCUT2D eigenvalue weighted by molar-refractivity contribution is 0.988. The second-order valence-electron chi connectivity index (χ2n) is 4.46. The molecule has 96 valence electrons. The molecule has 0 atom stereocenters. The minimum absolute atomic E-state index is 0.566. The van der Waals surface area contributed by atoms with Crippen molar-refractivity contribution in [1.82, 2.24) is 9.97 Å². The van der Waals surface area contributed by atoms with Crippen molar-refractivity contribution in [2.24, 2.45) is 4.99 Å². The highest BCUT2D eigenvalue weighted by molar-refractivity contribution is 6.07. The predicted molar refractivity (Wildman–Crippen MR) is 78.1 cm³/mol. The third kappa shape index (κ3) is 4.14. The fourth-order valence-corrected chi connectivity index (χ4v) is 1.65. The summed E-state index contributed by atoms with van der Waals surface area (Å²) in [6.45, 7) is 4.68. The van der Waals surface area contributed by atoms with E-state index in [1.54, 1.807) is 12.4 Å². The van der Waals surface area contributed by atoms with Crippen LogP contribution in [-0.2, 0) is 6.54 Å². The first-order valence-electron chi connectivity index (χ1n) is 6.26. The van der Waals surface area contributed by atoms with Crippen LogP contribution in [0.1, 0.15) is 25.2 Å². The Morgan fingerprint density at radius 1 is 1.05 bits per heavy atom. The Hall–Kier alpha value is -2.29. The Morgan fingerprint density at radius 3 is 2.37 bits per heavy atom. The summed E-state index contributed by atoms with van der Waals surface area (Å²) in [6, 6.07) is 11.7. The number of aromatic nitrogens is 2. The molecule has 0 spiro atoms. The van der Waals surface area contributed by atoms with Gasteiger partial charge >= 0.3 is 0 Å². The van der Waals surface area contributed by atoms with Crippen LogP contribution in [0, 0.1) is 0 Å². The molecule has 2 rings (SSSR count). The summed E-state index contributed by atoms with van der Waals surface area (Å²) in [7, 11) is 0. The maximum atomic E-state index is 4.62. The van der Waals surface area contributed by atoms with Gasteiger partial charge in [0.25, 0.3) is 0 Å². The smallest absolute Gasteiger partial charge is 0.0881 e. The maximum absolute atomic E-state index is 4.62. The summed E-state index contributed by atoms with van der Waals surface area (Å²) >= 11 is 0. The molecule has 19 heavy (non-hydrogen) atoms. The van der Waals surface area contributed by atoms with Crippen molar-refractivity contribution in [3.8, 4) is 0 Å². The first kappa shape index (κ1) is 13.1. The van der Waals surface area contributed by atoms with Gasteiger partial charge in [0.2, 0.25) is 0 Å². The summed E-state index contributed by atoms with van der Waals surface area (Å²) in [5, 5.41) is 0. The zero-order valence-corrected chi connectivity index (χ0v) is 11.2. The zero-order chi connectivity index (χ0) is 13.5. The van der Waals surface area contributed by atoms with Gasteiger partial charge in [-0.05, 0) is 44.2 Å². The number of rotatable bonds is 4. The summed E-state index contributed by atoms with van der Waals surface area (Å²) in [5.74, 6) is 0. The number of aliphatic imine (C=N–C) groups is 1. The summed E-state index contributed by atoms with van der Waals surface area (Å²) < 4.78 is 0. The van der Waals surface area contributed by atoms with Crippen LogP contribution < -0.4 is 0 Å². The molecule has 0 radical (unpaired) electrons.